The normalized spacial score (nSPS) is 15.5. The maximum atomic E-state index is 12.7. The Kier molecular flexibility index (Phi) is 10.7. The van der Waals surface area contributed by atoms with E-state index in [9.17, 15) is 9.59 Å². The molecule has 2 aromatic rings. The monoisotopic (exact) mass is 511 g/mol. The summed E-state index contributed by atoms with van der Waals surface area (Å²) in [6, 6.07) is 5.43. The molecule has 2 aliphatic rings. The molecule has 0 unspecified atom stereocenters. The molecule has 1 aromatic carbocycles. The highest BCUT2D eigenvalue weighted by atomic mass is 16.5. The predicted molar refractivity (Wildman–Crippen MR) is 147 cm³/mol. The van der Waals surface area contributed by atoms with Gasteiger partial charge in [-0.3, -0.25) is 4.79 Å². The molecule has 1 N–H and O–H groups in total. The number of carbonyl (C=O) groups excluding carboxylic acids is 1. The van der Waals surface area contributed by atoms with E-state index in [4.69, 9.17) is 9.63 Å². The summed E-state index contributed by atoms with van der Waals surface area (Å²) in [5.74, 6) is -0.00499. The molecule has 0 saturated heterocycles. The van der Waals surface area contributed by atoms with Crippen LogP contribution in [0.5, 0.6) is 0 Å². The lowest BCUT2D eigenvalue weighted by Crippen LogP contribution is -2.34. The van der Waals surface area contributed by atoms with Gasteiger partial charge in [0.05, 0.1) is 0 Å². The molecule has 37 heavy (non-hydrogen) atoms. The zero-order valence-corrected chi connectivity index (χ0v) is 23.4. The van der Waals surface area contributed by atoms with Crippen molar-refractivity contribution >= 4 is 11.9 Å². The van der Waals surface area contributed by atoms with Gasteiger partial charge in [0.15, 0.2) is 11.5 Å². The van der Waals surface area contributed by atoms with Crippen molar-refractivity contribution in [2.45, 2.75) is 97.6 Å². The van der Waals surface area contributed by atoms with Crippen LogP contribution in [0.25, 0.3) is 11.3 Å². The fourth-order valence-corrected chi connectivity index (χ4v) is 5.07. The van der Waals surface area contributed by atoms with Crippen molar-refractivity contribution in [1.29, 1.82) is 0 Å². The van der Waals surface area contributed by atoms with Crippen LogP contribution in [0.3, 0.4) is 0 Å². The van der Waals surface area contributed by atoms with Gasteiger partial charge >= 0.3 is 5.97 Å². The highest BCUT2D eigenvalue weighted by molar-refractivity contribution is 6.00. The van der Waals surface area contributed by atoms with Gasteiger partial charge in [0.2, 0.25) is 0 Å². The molecule has 7 nitrogen and oxygen atoms in total. The maximum Gasteiger partial charge on any atom is 0.358 e. The largest absolute Gasteiger partial charge is 0.476 e. The molecule has 0 spiro atoms. The topological polar surface area (TPSA) is 86.9 Å². The first-order valence-electron chi connectivity index (χ1n) is 14.0. The van der Waals surface area contributed by atoms with Crippen molar-refractivity contribution in [3.63, 3.8) is 0 Å². The fourth-order valence-electron chi connectivity index (χ4n) is 5.07. The molecule has 1 atom stereocenters. The summed E-state index contributed by atoms with van der Waals surface area (Å²) in [5.41, 5.74) is 3.24. The number of benzene rings is 1. The van der Waals surface area contributed by atoms with E-state index in [0.29, 0.717) is 18.2 Å². The number of hydrogen-bond acceptors (Lipinski definition) is 5. The van der Waals surface area contributed by atoms with Crippen molar-refractivity contribution in [2.24, 2.45) is 5.92 Å². The third kappa shape index (κ3) is 8.16. The summed E-state index contributed by atoms with van der Waals surface area (Å²) in [7, 11) is 4.31. The number of aromatic carboxylic acids is 1. The molecular weight excluding hydrogens is 466 g/mol. The number of hydrogen-bond donors (Lipinski definition) is 1. The number of nitrogens with zero attached hydrogens (tertiary/aromatic N) is 3. The van der Waals surface area contributed by atoms with E-state index >= 15 is 0 Å². The summed E-state index contributed by atoms with van der Waals surface area (Å²) >= 11 is 0. The number of unbranched alkanes of at least 4 members (excludes halogenated alkanes) is 7. The number of carboxylic acids is 1. The molecule has 7 heteroatoms. The molecule has 1 saturated carbocycles. The number of carboxylic acid groups (broad SMARTS) is 1. The molecule has 0 radical (unpaired) electrons. The second-order valence-electron chi connectivity index (χ2n) is 11.0. The Hall–Kier alpha value is -2.67. The fraction of sp³-hybridized carbons (Fsp3) is 0.633. The first-order chi connectivity index (χ1) is 17.7. The lowest BCUT2D eigenvalue weighted by atomic mass is 9.99. The number of amides is 1. The van der Waals surface area contributed by atoms with Gasteiger partial charge in [-0.15, -0.1) is 0 Å². The Bertz CT molecular complexity index is 1040. The SMILES string of the molecule is CCCCCCCCCCN(C)C.Cc1cc(-c2cc(C(=O)O)no2)cc2c1C(=O)N([C@@H](C)C1CC1)C2. The predicted octanol–water partition coefficient (Wildman–Crippen LogP) is 6.79. The van der Waals surface area contributed by atoms with E-state index in [1.807, 2.05) is 24.0 Å². The third-order valence-electron chi connectivity index (χ3n) is 7.50. The molecule has 1 aromatic heterocycles. The average Bonchev–Trinajstić information content (AvgIpc) is 3.48. The number of fused-ring (bicyclic) bond motifs is 1. The summed E-state index contributed by atoms with van der Waals surface area (Å²) < 4.78 is 5.15. The number of rotatable bonds is 13. The van der Waals surface area contributed by atoms with Crippen LogP contribution in [0.2, 0.25) is 0 Å². The van der Waals surface area contributed by atoms with Crippen molar-refractivity contribution in [3.8, 4) is 11.3 Å². The quantitative estimate of drug-likeness (QED) is 0.298. The van der Waals surface area contributed by atoms with E-state index in [1.54, 1.807) is 0 Å². The number of carbonyl (C=O) groups is 2. The Morgan fingerprint density at radius 2 is 1.76 bits per heavy atom. The van der Waals surface area contributed by atoms with Crippen LogP contribution in [0.15, 0.2) is 22.7 Å². The second kappa shape index (κ2) is 13.8. The molecule has 204 valence electrons. The van der Waals surface area contributed by atoms with Crippen LogP contribution in [-0.2, 0) is 6.54 Å². The Balaban J connectivity index is 0.000000251. The molecule has 1 aliphatic carbocycles. The first kappa shape index (κ1) is 28.9. The van der Waals surface area contributed by atoms with E-state index < -0.39 is 5.97 Å². The van der Waals surface area contributed by atoms with Crippen LogP contribution in [-0.4, -0.2) is 58.6 Å². The zero-order chi connectivity index (χ0) is 26.9. The molecule has 2 heterocycles. The Morgan fingerprint density at radius 1 is 1.11 bits per heavy atom. The minimum Gasteiger partial charge on any atom is -0.476 e. The minimum absolute atomic E-state index is 0.0947. The molecule has 1 amide bonds. The highest BCUT2D eigenvalue weighted by Crippen LogP contribution is 2.39. The zero-order valence-electron chi connectivity index (χ0n) is 23.4. The third-order valence-corrected chi connectivity index (χ3v) is 7.50. The van der Waals surface area contributed by atoms with Gasteiger partial charge in [-0.05, 0) is 82.9 Å². The lowest BCUT2D eigenvalue weighted by molar-refractivity contribution is 0.0680. The van der Waals surface area contributed by atoms with E-state index in [-0.39, 0.29) is 17.6 Å². The van der Waals surface area contributed by atoms with Gasteiger partial charge in [0.1, 0.15) is 0 Å². The highest BCUT2D eigenvalue weighted by Gasteiger charge is 2.39. The van der Waals surface area contributed by atoms with Crippen molar-refractivity contribution in [2.75, 3.05) is 20.6 Å². The van der Waals surface area contributed by atoms with Crippen LogP contribution >= 0.6 is 0 Å². The minimum atomic E-state index is -1.12. The van der Waals surface area contributed by atoms with Crippen molar-refractivity contribution in [1.82, 2.24) is 15.0 Å². The number of aromatic nitrogens is 1. The Labute approximate surface area is 222 Å². The maximum absolute atomic E-state index is 12.7. The lowest BCUT2D eigenvalue weighted by Gasteiger charge is -2.24. The summed E-state index contributed by atoms with van der Waals surface area (Å²) in [6.07, 6.45) is 13.8. The van der Waals surface area contributed by atoms with Crippen molar-refractivity contribution in [3.05, 3.63) is 40.6 Å². The molecule has 1 aliphatic heterocycles. The van der Waals surface area contributed by atoms with E-state index in [0.717, 1.165) is 22.3 Å². The molecule has 1 fully saturated rings. The van der Waals surface area contributed by atoms with Crippen molar-refractivity contribution < 1.29 is 19.2 Å². The van der Waals surface area contributed by atoms with Crippen LogP contribution in [0.1, 0.15) is 110 Å². The number of aryl methyl sites for hydroxylation is 1. The van der Waals surface area contributed by atoms with Gasteiger partial charge in [-0.2, -0.15) is 0 Å². The molecule has 4 rings (SSSR count). The van der Waals surface area contributed by atoms with Gasteiger partial charge in [-0.25, -0.2) is 4.79 Å². The average molecular weight is 512 g/mol. The van der Waals surface area contributed by atoms with Gasteiger partial charge < -0.3 is 19.4 Å². The second-order valence-corrected chi connectivity index (χ2v) is 11.0. The summed E-state index contributed by atoms with van der Waals surface area (Å²) in [4.78, 5) is 27.9. The summed E-state index contributed by atoms with van der Waals surface area (Å²) in [5, 5.41) is 12.5. The van der Waals surface area contributed by atoms with Gasteiger partial charge in [-0.1, -0.05) is 57.0 Å². The molecular formula is C30H45N3O4. The molecule has 0 bridgehead atoms. The van der Waals surface area contributed by atoms with Gasteiger partial charge in [0, 0.05) is 29.8 Å². The van der Waals surface area contributed by atoms with Crippen LogP contribution in [0, 0.1) is 12.8 Å². The standard InChI is InChI=1S/C18H18N2O4.C12H27N/c1-9-5-12(15-7-14(18(22)23)19-24-15)6-13-8-20(17(21)16(9)13)10(2)11-3-4-11;1-4-5-6-7-8-9-10-11-12-13(2)3/h5-7,10-11H,3-4,8H2,1-2H3,(H,22,23);4-12H2,1-3H3/t10-;/m0./s1. The van der Waals surface area contributed by atoms with E-state index in [1.165, 1.54) is 76.8 Å². The van der Waals surface area contributed by atoms with Crippen LogP contribution in [0.4, 0.5) is 0 Å². The van der Waals surface area contributed by atoms with Crippen LogP contribution < -0.4 is 0 Å². The smallest absolute Gasteiger partial charge is 0.358 e. The van der Waals surface area contributed by atoms with Gasteiger partial charge in [0.25, 0.3) is 5.91 Å². The Morgan fingerprint density at radius 3 is 2.32 bits per heavy atom. The summed E-state index contributed by atoms with van der Waals surface area (Å²) in [6.45, 7) is 8.15. The van der Waals surface area contributed by atoms with E-state index in [2.05, 4.69) is 38.0 Å². The first-order valence-corrected chi connectivity index (χ1v) is 14.0.